The molecule has 2 rings (SSSR count). The molecule has 0 bridgehead atoms. The van der Waals surface area contributed by atoms with Crippen molar-refractivity contribution in [3.8, 4) is 5.75 Å². The lowest BCUT2D eigenvalue weighted by atomic mass is 10.1. The van der Waals surface area contributed by atoms with Gasteiger partial charge in [0.25, 0.3) is 5.91 Å². The van der Waals surface area contributed by atoms with E-state index in [1.807, 2.05) is 56.3 Å². The van der Waals surface area contributed by atoms with Gasteiger partial charge in [-0.25, -0.2) is 0 Å². The molecule has 0 aliphatic heterocycles. The lowest BCUT2D eigenvalue weighted by Gasteiger charge is -2.13. The zero-order chi connectivity index (χ0) is 24.8. The van der Waals surface area contributed by atoms with Gasteiger partial charge in [0.15, 0.2) is 11.7 Å². The quantitative estimate of drug-likeness (QED) is 0.194. The number of benzene rings is 2. The molecule has 9 heteroatoms. The van der Waals surface area contributed by atoms with Crippen molar-refractivity contribution in [3.63, 3.8) is 0 Å². The standard InChI is InChI=1S/C25H31N3O5S/c1-18-9-6-13-21(19(18)2)33-17-23(30)27-28-25(34)26-22(29)14-7-15-24(31)32-16-8-12-20-10-4-3-5-11-20/h3-6,9-11,13H,7-8,12,14-17H2,1-2H3,(H,27,30)(H2,26,28,29,34). The average molecular weight is 486 g/mol. The number of rotatable bonds is 11. The number of hydrogen-bond donors (Lipinski definition) is 3. The molecule has 0 fully saturated rings. The number of amides is 2. The molecule has 0 saturated carbocycles. The topological polar surface area (TPSA) is 106 Å². The van der Waals surface area contributed by atoms with Crippen LogP contribution in [0.5, 0.6) is 5.75 Å². The van der Waals surface area contributed by atoms with E-state index in [1.54, 1.807) is 6.07 Å². The van der Waals surface area contributed by atoms with Gasteiger partial charge in [-0.15, -0.1) is 0 Å². The molecule has 0 atom stereocenters. The molecule has 0 spiro atoms. The van der Waals surface area contributed by atoms with Crippen LogP contribution in [0.1, 0.15) is 42.4 Å². The van der Waals surface area contributed by atoms with Gasteiger partial charge in [-0.2, -0.15) is 0 Å². The van der Waals surface area contributed by atoms with Crippen LogP contribution in [0.25, 0.3) is 0 Å². The van der Waals surface area contributed by atoms with E-state index in [-0.39, 0.29) is 36.4 Å². The zero-order valence-electron chi connectivity index (χ0n) is 19.5. The molecule has 0 heterocycles. The fourth-order valence-electron chi connectivity index (χ4n) is 2.98. The first-order valence-corrected chi connectivity index (χ1v) is 11.5. The number of nitrogens with one attached hydrogen (secondary N) is 3. The SMILES string of the molecule is Cc1cccc(OCC(=O)NNC(=S)NC(=O)CCCC(=O)OCCCc2ccccc2)c1C. The third kappa shape index (κ3) is 10.4. The number of ether oxygens (including phenoxy) is 2. The van der Waals surface area contributed by atoms with Crippen LogP contribution in [0.2, 0.25) is 0 Å². The number of carbonyl (C=O) groups excluding carboxylic acids is 3. The minimum Gasteiger partial charge on any atom is -0.483 e. The third-order valence-corrected chi connectivity index (χ3v) is 5.19. The van der Waals surface area contributed by atoms with E-state index < -0.39 is 5.91 Å². The van der Waals surface area contributed by atoms with Crippen LogP contribution in [0.4, 0.5) is 0 Å². The highest BCUT2D eigenvalue weighted by Crippen LogP contribution is 2.20. The largest absolute Gasteiger partial charge is 0.483 e. The summed E-state index contributed by atoms with van der Waals surface area (Å²) in [5.74, 6) is -0.527. The fraction of sp³-hybridized carbons (Fsp3) is 0.360. The monoisotopic (exact) mass is 485 g/mol. The van der Waals surface area contributed by atoms with Gasteiger partial charge in [0.1, 0.15) is 5.75 Å². The molecule has 2 amide bonds. The van der Waals surface area contributed by atoms with E-state index in [9.17, 15) is 14.4 Å². The second-order valence-corrected chi connectivity index (χ2v) is 8.11. The Morgan fingerprint density at radius 3 is 2.41 bits per heavy atom. The maximum absolute atomic E-state index is 11.9. The Kier molecular flexibility index (Phi) is 11.5. The van der Waals surface area contributed by atoms with E-state index in [1.165, 1.54) is 5.56 Å². The summed E-state index contributed by atoms with van der Waals surface area (Å²) in [6.07, 6.45) is 2.17. The molecule has 2 aromatic rings. The Morgan fingerprint density at radius 1 is 0.882 bits per heavy atom. The minimum absolute atomic E-state index is 0.0476. The number of aryl methyl sites for hydroxylation is 2. The summed E-state index contributed by atoms with van der Waals surface area (Å²) in [6, 6.07) is 15.6. The van der Waals surface area contributed by atoms with E-state index in [0.717, 1.165) is 24.0 Å². The van der Waals surface area contributed by atoms with Crippen LogP contribution in [-0.2, 0) is 25.5 Å². The number of carbonyl (C=O) groups is 3. The molecule has 0 saturated heterocycles. The first kappa shape index (κ1) is 26.8. The molecule has 0 aromatic heterocycles. The molecule has 182 valence electrons. The van der Waals surface area contributed by atoms with Crippen molar-refractivity contribution in [1.82, 2.24) is 16.2 Å². The molecule has 34 heavy (non-hydrogen) atoms. The second-order valence-electron chi connectivity index (χ2n) is 7.70. The molecule has 2 aromatic carbocycles. The Hall–Kier alpha value is -3.46. The van der Waals surface area contributed by atoms with Gasteiger partial charge in [0, 0.05) is 12.8 Å². The number of thiocarbonyl (C=S) groups is 1. The molecule has 0 aliphatic rings. The van der Waals surface area contributed by atoms with Crippen molar-refractivity contribution in [2.24, 2.45) is 0 Å². The molecular formula is C25H31N3O5S. The van der Waals surface area contributed by atoms with Gasteiger partial charge < -0.3 is 14.8 Å². The molecule has 0 unspecified atom stereocenters. The number of esters is 1. The molecule has 3 N–H and O–H groups in total. The van der Waals surface area contributed by atoms with Crippen LogP contribution in [0.3, 0.4) is 0 Å². The van der Waals surface area contributed by atoms with Gasteiger partial charge in [0.2, 0.25) is 5.91 Å². The molecule has 0 radical (unpaired) electrons. The fourth-order valence-corrected chi connectivity index (χ4v) is 3.14. The first-order chi connectivity index (χ1) is 16.3. The van der Waals surface area contributed by atoms with Crippen molar-refractivity contribution in [2.75, 3.05) is 13.2 Å². The number of hydrazine groups is 1. The van der Waals surface area contributed by atoms with Crippen molar-refractivity contribution >= 4 is 35.1 Å². The van der Waals surface area contributed by atoms with E-state index in [2.05, 4.69) is 16.2 Å². The van der Waals surface area contributed by atoms with E-state index in [4.69, 9.17) is 21.7 Å². The van der Waals surface area contributed by atoms with Crippen LogP contribution in [0.15, 0.2) is 48.5 Å². The smallest absolute Gasteiger partial charge is 0.305 e. The van der Waals surface area contributed by atoms with Crippen molar-refractivity contribution in [1.29, 1.82) is 0 Å². The normalized spacial score (nSPS) is 10.2. The predicted octanol–water partition coefficient (Wildman–Crippen LogP) is 3.05. The second kappa shape index (κ2) is 14.6. The Labute approximate surface area is 205 Å². The Balaban J connectivity index is 1.52. The summed E-state index contributed by atoms with van der Waals surface area (Å²) in [6.45, 7) is 4.01. The molecular weight excluding hydrogens is 454 g/mol. The van der Waals surface area contributed by atoms with Crippen molar-refractivity contribution in [2.45, 2.75) is 46.0 Å². The maximum Gasteiger partial charge on any atom is 0.305 e. The van der Waals surface area contributed by atoms with Gasteiger partial charge in [-0.05, 0) is 68.1 Å². The predicted molar refractivity (Wildman–Crippen MR) is 133 cm³/mol. The third-order valence-electron chi connectivity index (χ3n) is 4.98. The van der Waals surface area contributed by atoms with Crippen LogP contribution in [-0.4, -0.2) is 36.1 Å². The van der Waals surface area contributed by atoms with Gasteiger partial charge in [-0.3, -0.25) is 25.2 Å². The van der Waals surface area contributed by atoms with Gasteiger partial charge in [0.05, 0.1) is 6.61 Å². The van der Waals surface area contributed by atoms with Crippen LogP contribution < -0.4 is 20.9 Å². The minimum atomic E-state index is -0.451. The first-order valence-electron chi connectivity index (χ1n) is 11.1. The molecule has 0 aliphatic carbocycles. The van der Waals surface area contributed by atoms with E-state index >= 15 is 0 Å². The Bertz CT molecular complexity index is 982. The lowest BCUT2D eigenvalue weighted by molar-refractivity contribution is -0.143. The molecule has 8 nitrogen and oxygen atoms in total. The van der Waals surface area contributed by atoms with Gasteiger partial charge >= 0.3 is 5.97 Å². The summed E-state index contributed by atoms with van der Waals surface area (Å²) >= 11 is 4.99. The van der Waals surface area contributed by atoms with E-state index in [0.29, 0.717) is 18.8 Å². The summed E-state index contributed by atoms with van der Waals surface area (Å²) in [5.41, 5.74) is 8.04. The number of hydrogen-bond acceptors (Lipinski definition) is 6. The van der Waals surface area contributed by atoms with Crippen molar-refractivity contribution < 1.29 is 23.9 Å². The maximum atomic E-state index is 11.9. The average Bonchev–Trinajstić information content (AvgIpc) is 2.82. The summed E-state index contributed by atoms with van der Waals surface area (Å²) in [4.78, 5) is 35.7. The lowest BCUT2D eigenvalue weighted by Crippen LogP contribution is -2.49. The summed E-state index contributed by atoms with van der Waals surface area (Å²) in [5, 5.41) is 2.40. The highest BCUT2D eigenvalue weighted by molar-refractivity contribution is 7.80. The van der Waals surface area contributed by atoms with Crippen LogP contribution >= 0.6 is 12.2 Å². The zero-order valence-corrected chi connectivity index (χ0v) is 20.3. The van der Waals surface area contributed by atoms with Crippen molar-refractivity contribution in [3.05, 3.63) is 65.2 Å². The summed E-state index contributed by atoms with van der Waals surface area (Å²) in [7, 11) is 0. The van der Waals surface area contributed by atoms with Crippen LogP contribution in [0, 0.1) is 13.8 Å². The van der Waals surface area contributed by atoms with Gasteiger partial charge in [-0.1, -0.05) is 42.5 Å². The summed E-state index contributed by atoms with van der Waals surface area (Å²) < 4.78 is 10.7. The highest BCUT2D eigenvalue weighted by atomic mass is 32.1. The Morgan fingerprint density at radius 2 is 1.65 bits per heavy atom. The highest BCUT2D eigenvalue weighted by Gasteiger charge is 2.10.